The molecule has 0 bridgehead atoms. The molecule has 0 aromatic rings. The molecule has 2 aliphatic rings. The Labute approximate surface area is 82.1 Å². The van der Waals surface area contributed by atoms with Crippen molar-refractivity contribution >= 4 is 17.5 Å². The lowest BCUT2D eigenvalue weighted by Gasteiger charge is -2.22. The molecule has 5 heteroatoms. The smallest absolute Gasteiger partial charge is 0.353 e. The van der Waals surface area contributed by atoms with Gasteiger partial charge in [-0.2, -0.15) is 0 Å². The second-order valence-corrected chi connectivity index (χ2v) is 3.92. The molecule has 2 fully saturated rings. The molecule has 2 heterocycles. The third kappa shape index (κ3) is 1.92. The first kappa shape index (κ1) is 9.18. The lowest BCUT2D eigenvalue weighted by molar-refractivity contribution is -0.206. The van der Waals surface area contributed by atoms with Crippen LogP contribution in [-0.2, 0) is 18.9 Å². The van der Waals surface area contributed by atoms with Gasteiger partial charge in [-0.1, -0.05) is 0 Å². The number of rotatable bonds is 0. The Morgan fingerprint density at radius 3 is 2.08 bits per heavy atom. The van der Waals surface area contributed by atoms with Gasteiger partial charge in [0.15, 0.2) is 18.0 Å². The van der Waals surface area contributed by atoms with Crippen LogP contribution in [-0.4, -0.2) is 36.4 Å². The maximum absolute atomic E-state index is 5.47. The van der Waals surface area contributed by atoms with E-state index < -0.39 is 5.79 Å². The molecule has 0 aromatic carbocycles. The van der Waals surface area contributed by atoms with Crippen molar-refractivity contribution in [2.75, 3.05) is 13.2 Å². The highest BCUT2D eigenvalue weighted by Gasteiger charge is 2.40. The van der Waals surface area contributed by atoms with Gasteiger partial charge in [-0.15, -0.1) is 0 Å². The maximum atomic E-state index is 5.47. The Hall–Kier alpha value is -0.390. The van der Waals surface area contributed by atoms with Gasteiger partial charge in [0, 0.05) is 12.2 Å². The van der Waals surface area contributed by atoms with E-state index in [1.165, 1.54) is 0 Å². The molecule has 0 aromatic heterocycles. The van der Waals surface area contributed by atoms with Gasteiger partial charge >= 0.3 is 5.24 Å². The van der Waals surface area contributed by atoms with E-state index in [-0.39, 0.29) is 17.4 Å². The molecule has 0 unspecified atom stereocenters. The fourth-order valence-electron chi connectivity index (χ4n) is 1.32. The van der Waals surface area contributed by atoms with Gasteiger partial charge in [0.05, 0.1) is 13.2 Å². The third-order valence-corrected chi connectivity index (χ3v) is 2.29. The molecule has 0 spiro atoms. The first-order chi connectivity index (χ1) is 6.07. The van der Waals surface area contributed by atoms with Crippen LogP contribution in [0.3, 0.4) is 0 Å². The van der Waals surface area contributed by atoms with Crippen LogP contribution in [0.25, 0.3) is 0 Å². The van der Waals surface area contributed by atoms with Crippen molar-refractivity contribution in [1.29, 1.82) is 0 Å². The first-order valence-corrected chi connectivity index (χ1v) is 4.63. The average molecular weight is 204 g/mol. The Bertz CT molecular complexity index is 208. The van der Waals surface area contributed by atoms with Gasteiger partial charge in [-0.3, -0.25) is 0 Å². The lowest BCUT2D eigenvalue weighted by Crippen LogP contribution is -2.28. The van der Waals surface area contributed by atoms with Crippen LogP contribution in [0.1, 0.15) is 13.8 Å². The molecule has 2 aliphatic heterocycles. The molecule has 0 N–H and O–H groups in total. The van der Waals surface area contributed by atoms with Gasteiger partial charge in [0.1, 0.15) is 0 Å². The van der Waals surface area contributed by atoms with Crippen molar-refractivity contribution in [3.63, 3.8) is 0 Å². The minimum absolute atomic E-state index is 0.116. The SMILES string of the molecule is CC1(C)OC[C@@H]2OC(=S)O[C@@H]2CO1. The zero-order chi connectivity index (χ0) is 9.47. The van der Waals surface area contributed by atoms with Crippen LogP contribution in [0, 0.1) is 0 Å². The van der Waals surface area contributed by atoms with Crippen molar-refractivity contribution in [3.8, 4) is 0 Å². The number of hydrogen-bond donors (Lipinski definition) is 0. The molecule has 0 saturated carbocycles. The molecule has 2 rings (SSSR count). The fraction of sp³-hybridized carbons (Fsp3) is 0.875. The molecule has 0 aliphatic carbocycles. The standard InChI is InChI=1S/C8H12O4S/c1-8(2)9-3-5-6(4-10-8)12-7(13)11-5/h5-6H,3-4H2,1-2H3/t5-,6+. The van der Waals surface area contributed by atoms with E-state index in [2.05, 4.69) is 0 Å². The van der Waals surface area contributed by atoms with Crippen molar-refractivity contribution < 1.29 is 18.9 Å². The van der Waals surface area contributed by atoms with Gasteiger partial charge in [0.25, 0.3) is 0 Å². The van der Waals surface area contributed by atoms with Crippen molar-refractivity contribution in [3.05, 3.63) is 0 Å². The third-order valence-electron chi connectivity index (χ3n) is 2.10. The van der Waals surface area contributed by atoms with Crippen LogP contribution >= 0.6 is 12.2 Å². The molecule has 2 saturated heterocycles. The second-order valence-electron chi connectivity index (χ2n) is 3.58. The van der Waals surface area contributed by atoms with E-state index in [0.29, 0.717) is 13.2 Å². The van der Waals surface area contributed by atoms with Crippen LogP contribution in [0.15, 0.2) is 0 Å². The number of hydrogen-bond acceptors (Lipinski definition) is 5. The minimum Gasteiger partial charge on any atom is -0.447 e. The van der Waals surface area contributed by atoms with E-state index in [1.807, 2.05) is 13.8 Å². The van der Waals surface area contributed by atoms with E-state index in [9.17, 15) is 0 Å². The van der Waals surface area contributed by atoms with Gasteiger partial charge in [0.2, 0.25) is 0 Å². The zero-order valence-electron chi connectivity index (χ0n) is 7.61. The zero-order valence-corrected chi connectivity index (χ0v) is 8.43. The average Bonchev–Trinajstić information content (AvgIpc) is 2.34. The van der Waals surface area contributed by atoms with Crippen LogP contribution in [0.2, 0.25) is 0 Å². The summed E-state index contributed by atoms with van der Waals surface area (Å²) in [5.74, 6) is -0.557. The van der Waals surface area contributed by atoms with Gasteiger partial charge in [-0.25, -0.2) is 0 Å². The van der Waals surface area contributed by atoms with Crippen molar-refractivity contribution in [2.24, 2.45) is 0 Å². The predicted molar refractivity (Wildman–Crippen MR) is 48.3 cm³/mol. The van der Waals surface area contributed by atoms with E-state index in [0.717, 1.165) is 0 Å². The maximum Gasteiger partial charge on any atom is 0.353 e. The van der Waals surface area contributed by atoms with Crippen LogP contribution in [0.4, 0.5) is 0 Å². The molecule has 74 valence electrons. The predicted octanol–water partition coefficient (Wildman–Crippen LogP) is 0.838. The molecular weight excluding hydrogens is 192 g/mol. The topological polar surface area (TPSA) is 36.9 Å². The molecular formula is C8H12O4S. The molecule has 2 atom stereocenters. The van der Waals surface area contributed by atoms with Gasteiger partial charge in [-0.05, 0) is 13.8 Å². The molecule has 4 nitrogen and oxygen atoms in total. The summed E-state index contributed by atoms with van der Waals surface area (Å²) in [6.45, 7) is 4.65. The van der Waals surface area contributed by atoms with E-state index in [4.69, 9.17) is 31.2 Å². The highest BCUT2D eigenvalue weighted by Crippen LogP contribution is 2.24. The normalized spacial score (nSPS) is 37.2. The van der Waals surface area contributed by atoms with Gasteiger partial charge < -0.3 is 18.9 Å². The van der Waals surface area contributed by atoms with Crippen molar-refractivity contribution in [1.82, 2.24) is 0 Å². The summed E-state index contributed by atoms with van der Waals surface area (Å²) < 4.78 is 21.4. The summed E-state index contributed by atoms with van der Waals surface area (Å²) in [6.07, 6.45) is -0.233. The Morgan fingerprint density at radius 2 is 1.62 bits per heavy atom. The molecule has 0 radical (unpaired) electrons. The summed E-state index contributed by atoms with van der Waals surface area (Å²) in [4.78, 5) is 0. The van der Waals surface area contributed by atoms with Crippen molar-refractivity contribution in [2.45, 2.75) is 31.8 Å². The first-order valence-electron chi connectivity index (χ1n) is 4.22. The Kier molecular flexibility index (Phi) is 2.17. The van der Waals surface area contributed by atoms with E-state index >= 15 is 0 Å². The summed E-state index contributed by atoms with van der Waals surface area (Å²) in [6, 6.07) is 0. The summed E-state index contributed by atoms with van der Waals surface area (Å²) in [5.41, 5.74) is 0. The van der Waals surface area contributed by atoms with Crippen LogP contribution in [0.5, 0.6) is 0 Å². The fourth-order valence-corrected chi connectivity index (χ4v) is 1.56. The monoisotopic (exact) mass is 204 g/mol. The molecule has 13 heavy (non-hydrogen) atoms. The van der Waals surface area contributed by atoms with E-state index in [1.54, 1.807) is 0 Å². The number of ether oxygens (including phenoxy) is 4. The quantitative estimate of drug-likeness (QED) is 0.546. The Morgan fingerprint density at radius 1 is 1.15 bits per heavy atom. The lowest BCUT2D eigenvalue weighted by atomic mass is 10.2. The summed E-state index contributed by atoms with van der Waals surface area (Å²) >= 11 is 4.78. The highest BCUT2D eigenvalue weighted by atomic mass is 32.1. The largest absolute Gasteiger partial charge is 0.447 e. The highest BCUT2D eigenvalue weighted by molar-refractivity contribution is 7.79. The summed E-state index contributed by atoms with van der Waals surface area (Å²) in [7, 11) is 0. The number of thiocarbonyl (C=S) groups is 1. The minimum atomic E-state index is -0.557. The summed E-state index contributed by atoms with van der Waals surface area (Å²) in [5, 5.41) is 0.196. The second kappa shape index (κ2) is 3.08. The number of fused-ring (bicyclic) bond motifs is 1. The Balaban J connectivity index is 2.03. The van der Waals surface area contributed by atoms with Crippen LogP contribution < -0.4 is 0 Å². The molecule has 0 amide bonds.